The second kappa shape index (κ2) is 6.26. The predicted octanol–water partition coefficient (Wildman–Crippen LogP) is 3.50. The van der Waals surface area contributed by atoms with E-state index < -0.39 is 0 Å². The average Bonchev–Trinajstić information content (AvgIpc) is 2.53. The molecule has 4 nitrogen and oxygen atoms in total. The number of aryl methyl sites for hydroxylation is 1. The van der Waals surface area contributed by atoms with E-state index in [1.807, 2.05) is 12.3 Å². The highest BCUT2D eigenvalue weighted by molar-refractivity contribution is 7.98. The van der Waals surface area contributed by atoms with Gasteiger partial charge in [0, 0.05) is 17.6 Å². The SMILES string of the molecule is CSc1cc2c(cc1CNc1cnccc1C)OCCO2. The van der Waals surface area contributed by atoms with Gasteiger partial charge in [0.2, 0.25) is 0 Å². The molecule has 5 heteroatoms. The third kappa shape index (κ3) is 3.08. The number of pyridine rings is 1. The highest BCUT2D eigenvalue weighted by Gasteiger charge is 2.15. The summed E-state index contributed by atoms with van der Waals surface area (Å²) in [6.45, 7) is 4.04. The molecule has 1 aliphatic rings. The summed E-state index contributed by atoms with van der Waals surface area (Å²) in [6.07, 6.45) is 5.73. The van der Waals surface area contributed by atoms with Crippen molar-refractivity contribution in [2.24, 2.45) is 0 Å². The topological polar surface area (TPSA) is 43.4 Å². The Kier molecular flexibility index (Phi) is 4.20. The first-order valence-corrected chi connectivity index (χ1v) is 8.11. The van der Waals surface area contributed by atoms with E-state index in [1.54, 1.807) is 18.0 Å². The van der Waals surface area contributed by atoms with Crippen molar-refractivity contribution < 1.29 is 9.47 Å². The van der Waals surface area contributed by atoms with Gasteiger partial charge in [0.05, 0.1) is 11.9 Å². The van der Waals surface area contributed by atoms with E-state index >= 15 is 0 Å². The van der Waals surface area contributed by atoms with Gasteiger partial charge in [-0.15, -0.1) is 11.8 Å². The third-order valence-corrected chi connectivity index (χ3v) is 4.27. The van der Waals surface area contributed by atoms with E-state index in [0.717, 1.165) is 23.7 Å². The van der Waals surface area contributed by atoms with Crippen LogP contribution in [-0.4, -0.2) is 24.5 Å². The molecule has 0 atom stereocenters. The van der Waals surface area contributed by atoms with Crippen molar-refractivity contribution in [2.45, 2.75) is 18.4 Å². The van der Waals surface area contributed by atoms with Gasteiger partial charge >= 0.3 is 0 Å². The number of fused-ring (bicyclic) bond motifs is 1. The molecule has 0 saturated carbocycles. The van der Waals surface area contributed by atoms with E-state index in [-0.39, 0.29) is 0 Å². The van der Waals surface area contributed by atoms with E-state index in [1.165, 1.54) is 16.0 Å². The summed E-state index contributed by atoms with van der Waals surface area (Å²) < 4.78 is 11.3. The fourth-order valence-corrected chi connectivity index (χ4v) is 2.90. The van der Waals surface area contributed by atoms with Crippen LogP contribution in [0.2, 0.25) is 0 Å². The summed E-state index contributed by atoms with van der Waals surface area (Å²) in [5.74, 6) is 1.67. The molecule has 21 heavy (non-hydrogen) atoms. The van der Waals surface area contributed by atoms with Crippen LogP contribution in [0.25, 0.3) is 0 Å². The molecule has 0 amide bonds. The van der Waals surface area contributed by atoms with Crippen LogP contribution in [0.1, 0.15) is 11.1 Å². The monoisotopic (exact) mass is 302 g/mol. The number of hydrogen-bond acceptors (Lipinski definition) is 5. The molecular formula is C16H18N2O2S. The Morgan fingerprint density at radius 2 is 2.00 bits per heavy atom. The minimum atomic E-state index is 0.611. The van der Waals surface area contributed by atoms with Gasteiger partial charge in [-0.25, -0.2) is 0 Å². The predicted molar refractivity (Wildman–Crippen MR) is 85.5 cm³/mol. The number of nitrogens with zero attached hydrogens (tertiary/aromatic N) is 1. The summed E-state index contributed by atoms with van der Waals surface area (Å²) >= 11 is 1.72. The van der Waals surface area contributed by atoms with Crippen molar-refractivity contribution in [1.82, 2.24) is 4.98 Å². The molecule has 1 aromatic heterocycles. The molecular weight excluding hydrogens is 284 g/mol. The van der Waals surface area contributed by atoms with Gasteiger partial charge in [-0.1, -0.05) is 0 Å². The molecule has 2 heterocycles. The van der Waals surface area contributed by atoms with Gasteiger partial charge in [0.25, 0.3) is 0 Å². The molecule has 0 aliphatic carbocycles. The highest BCUT2D eigenvalue weighted by atomic mass is 32.2. The summed E-state index contributed by atoms with van der Waals surface area (Å²) in [7, 11) is 0. The summed E-state index contributed by atoms with van der Waals surface area (Å²) in [6, 6.07) is 6.13. The van der Waals surface area contributed by atoms with E-state index in [4.69, 9.17) is 9.47 Å². The first-order chi connectivity index (χ1) is 10.3. The molecule has 1 N–H and O–H groups in total. The van der Waals surface area contributed by atoms with Crippen molar-refractivity contribution in [3.63, 3.8) is 0 Å². The Labute approximate surface area is 128 Å². The lowest BCUT2D eigenvalue weighted by molar-refractivity contribution is 0.171. The molecule has 1 aromatic carbocycles. The normalized spacial score (nSPS) is 13.0. The zero-order chi connectivity index (χ0) is 14.7. The van der Waals surface area contributed by atoms with Gasteiger partial charge < -0.3 is 14.8 Å². The lowest BCUT2D eigenvalue weighted by atomic mass is 10.1. The van der Waals surface area contributed by atoms with Crippen LogP contribution in [0.5, 0.6) is 11.5 Å². The zero-order valence-corrected chi connectivity index (χ0v) is 13.0. The van der Waals surface area contributed by atoms with Crippen LogP contribution in [-0.2, 0) is 6.54 Å². The minimum Gasteiger partial charge on any atom is -0.486 e. The number of thioether (sulfide) groups is 1. The number of hydrogen-bond donors (Lipinski definition) is 1. The fourth-order valence-electron chi connectivity index (χ4n) is 2.28. The molecule has 0 radical (unpaired) electrons. The number of nitrogens with one attached hydrogen (secondary N) is 1. The lowest BCUT2D eigenvalue weighted by Crippen LogP contribution is -2.16. The van der Waals surface area contributed by atoms with Crippen LogP contribution >= 0.6 is 11.8 Å². The molecule has 0 spiro atoms. The van der Waals surface area contributed by atoms with E-state index in [0.29, 0.717) is 13.2 Å². The smallest absolute Gasteiger partial charge is 0.162 e. The summed E-state index contributed by atoms with van der Waals surface area (Å²) in [5.41, 5.74) is 3.45. The molecule has 110 valence electrons. The standard InChI is InChI=1S/C16H18N2O2S/c1-11-3-4-17-10-13(11)18-9-12-7-14-15(8-16(12)21-2)20-6-5-19-14/h3-4,7-8,10,18H,5-6,9H2,1-2H3. The number of anilines is 1. The van der Waals surface area contributed by atoms with Crippen LogP contribution in [0, 0.1) is 6.92 Å². The molecule has 3 rings (SSSR count). The lowest BCUT2D eigenvalue weighted by Gasteiger charge is -2.21. The van der Waals surface area contributed by atoms with Crippen LogP contribution in [0.3, 0.4) is 0 Å². The average molecular weight is 302 g/mol. The molecule has 2 aromatic rings. The Morgan fingerprint density at radius 3 is 2.71 bits per heavy atom. The molecule has 1 aliphatic heterocycles. The zero-order valence-electron chi connectivity index (χ0n) is 12.2. The van der Waals surface area contributed by atoms with Crippen LogP contribution in [0.4, 0.5) is 5.69 Å². The van der Waals surface area contributed by atoms with Gasteiger partial charge in [-0.2, -0.15) is 0 Å². The van der Waals surface area contributed by atoms with Gasteiger partial charge in [0.1, 0.15) is 13.2 Å². The highest BCUT2D eigenvalue weighted by Crippen LogP contribution is 2.36. The van der Waals surface area contributed by atoms with Crippen molar-refractivity contribution >= 4 is 17.4 Å². The quantitative estimate of drug-likeness (QED) is 0.876. The molecule has 0 unspecified atom stereocenters. The Balaban J connectivity index is 1.83. The van der Waals surface area contributed by atoms with Gasteiger partial charge in [-0.3, -0.25) is 4.98 Å². The maximum absolute atomic E-state index is 5.66. The molecule has 0 saturated heterocycles. The Hall–Kier alpha value is -1.88. The first-order valence-electron chi connectivity index (χ1n) is 6.89. The van der Waals surface area contributed by atoms with Crippen molar-refractivity contribution in [3.05, 3.63) is 41.7 Å². The molecule has 0 fully saturated rings. The van der Waals surface area contributed by atoms with E-state index in [9.17, 15) is 0 Å². The third-order valence-electron chi connectivity index (χ3n) is 3.45. The molecule has 0 bridgehead atoms. The second-order valence-corrected chi connectivity index (χ2v) is 5.70. The van der Waals surface area contributed by atoms with Gasteiger partial charge in [0.15, 0.2) is 11.5 Å². The van der Waals surface area contributed by atoms with Gasteiger partial charge in [-0.05, 0) is 42.5 Å². The second-order valence-electron chi connectivity index (χ2n) is 4.85. The number of benzene rings is 1. The Morgan fingerprint density at radius 1 is 1.24 bits per heavy atom. The first kappa shape index (κ1) is 14.1. The number of ether oxygens (including phenoxy) is 2. The Bertz CT molecular complexity index is 646. The van der Waals surface area contributed by atoms with Crippen LogP contribution in [0.15, 0.2) is 35.5 Å². The van der Waals surface area contributed by atoms with Crippen molar-refractivity contribution in [3.8, 4) is 11.5 Å². The minimum absolute atomic E-state index is 0.611. The summed E-state index contributed by atoms with van der Waals surface area (Å²) in [5, 5.41) is 3.44. The largest absolute Gasteiger partial charge is 0.486 e. The summed E-state index contributed by atoms with van der Waals surface area (Å²) in [4.78, 5) is 5.36. The van der Waals surface area contributed by atoms with Crippen molar-refractivity contribution in [1.29, 1.82) is 0 Å². The maximum atomic E-state index is 5.66. The fraction of sp³-hybridized carbons (Fsp3) is 0.312. The maximum Gasteiger partial charge on any atom is 0.162 e. The van der Waals surface area contributed by atoms with E-state index in [2.05, 4.69) is 35.6 Å². The number of rotatable bonds is 4. The van der Waals surface area contributed by atoms with Crippen LogP contribution < -0.4 is 14.8 Å². The number of aromatic nitrogens is 1. The van der Waals surface area contributed by atoms with Crippen molar-refractivity contribution in [2.75, 3.05) is 24.8 Å².